The van der Waals surface area contributed by atoms with Crippen molar-refractivity contribution in [2.75, 3.05) is 5.75 Å². The first-order valence-corrected chi connectivity index (χ1v) is 12.7. The SMILES string of the molecule is NN=Cc1ccc(CCCCC(=O)NC(CCS(=O)(=O)Cc2ccccc2)CC(=O)O)cc1. The molecule has 0 heterocycles. The van der Waals surface area contributed by atoms with Gasteiger partial charge in [0.2, 0.25) is 5.91 Å². The van der Waals surface area contributed by atoms with E-state index in [4.69, 9.17) is 10.9 Å². The van der Waals surface area contributed by atoms with Crippen molar-refractivity contribution < 1.29 is 23.1 Å². The van der Waals surface area contributed by atoms with E-state index in [1.165, 1.54) is 0 Å². The normalized spacial score (nSPS) is 12.5. The van der Waals surface area contributed by atoms with Gasteiger partial charge in [0.25, 0.3) is 0 Å². The standard InChI is InChI=1S/C24H31N3O5S/c25-26-17-20-12-10-19(11-13-20)6-4-5-9-23(28)27-22(16-24(29)30)14-15-33(31,32)18-21-7-2-1-3-8-21/h1-3,7-8,10-13,17,22H,4-6,9,14-16,18,25H2,(H,27,28)(H,29,30). The lowest BCUT2D eigenvalue weighted by molar-refractivity contribution is -0.137. The van der Waals surface area contributed by atoms with E-state index >= 15 is 0 Å². The van der Waals surface area contributed by atoms with E-state index in [-0.39, 0.29) is 36.7 Å². The van der Waals surface area contributed by atoms with Gasteiger partial charge in [0, 0.05) is 12.5 Å². The molecule has 2 aromatic carbocycles. The lowest BCUT2D eigenvalue weighted by Crippen LogP contribution is -2.37. The molecule has 1 amide bonds. The van der Waals surface area contributed by atoms with Gasteiger partial charge >= 0.3 is 5.97 Å². The Balaban J connectivity index is 1.77. The highest BCUT2D eigenvalue weighted by Crippen LogP contribution is 2.11. The molecule has 1 atom stereocenters. The molecule has 9 heteroatoms. The number of hydrazone groups is 1. The number of benzene rings is 2. The fourth-order valence-corrected chi connectivity index (χ4v) is 4.92. The monoisotopic (exact) mass is 473 g/mol. The molecule has 2 aromatic rings. The Labute approximate surface area is 194 Å². The van der Waals surface area contributed by atoms with Crippen LogP contribution in [-0.4, -0.2) is 43.4 Å². The minimum absolute atomic E-state index is 0.0612. The fourth-order valence-electron chi connectivity index (χ4n) is 3.43. The van der Waals surface area contributed by atoms with Gasteiger partial charge in [-0.1, -0.05) is 54.6 Å². The zero-order valence-corrected chi connectivity index (χ0v) is 19.3. The summed E-state index contributed by atoms with van der Waals surface area (Å²) in [7, 11) is -3.42. The molecular weight excluding hydrogens is 442 g/mol. The van der Waals surface area contributed by atoms with Gasteiger partial charge in [-0.3, -0.25) is 9.59 Å². The van der Waals surface area contributed by atoms with E-state index in [0.29, 0.717) is 12.0 Å². The van der Waals surface area contributed by atoms with Crippen LogP contribution in [0.1, 0.15) is 48.8 Å². The molecule has 0 aliphatic carbocycles. The first-order chi connectivity index (χ1) is 15.8. The second-order valence-electron chi connectivity index (χ2n) is 7.96. The number of carbonyl (C=O) groups is 2. The fraction of sp³-hybridized carbons (Fsp3) is 0.375. The van der Waals surface area contributed by atoms with Crippen LogP contribution >= 0.6 is 0 Å². The summed E-state index contributed by atoms with van der Waals surface area (Å²) in [6, 6.07) is 15.9. The summed E-state index contributed by atoms with van der Waals surface area (Å²) in [4.78, 5) is 23.5. The molecule has 1 unspecified atom stereocenters. The molecule has 0 bridgehead atoms. The number of sulfone groups is 1. The van der Waals surface area contributed by atoms with E-state index < -0.39 is 21.8 Å². The summed E-state index contributed by atoms with van der Waals surface area (Å²) in [5, 5.41) is 15.3. The van der Waals surface area contributed by atoms with Crippen molar-refractivity contribution in [3.63, 3.8) is 0 Å². The molecule has 33 heavy (non-hydrogen) atoms. The van der Waals surface area contributed by atoms with E-state index in [1.54, 1.807) is 30.5 Å². The molecule has 0 aliphatic heterocycles. The van der Waals surface area contributed by atoms with Crippen molar-refractivity contribution in [3.8, 4) is 0 Å². The molecular formula is C24H31N3O5S. The number of rotatable bonds is 14. The first-order valence-electron chi connectivity index (χ1n) is 10.8. The molecule has 0 radical (unpaired) electrons. The van der Waals surface area contributed by atoms with E-state index in [1.807, 2.05) is 30.3 Å². The number of aliphatic carboxylic acids is 1. The average Bonchev–Trinajstić information content (AvgIpc) is 2.76. The summed E-state index contributed by atoms with van der Waals surface area (Å²) >= 11 is 0. The van der Waals surface area contributed by atoms with Gasteiger partial charge in [-0.25, -0.2) is 8.42 Å². The first kappa shape index (κ1) is 26.1. The molecule has 0 fully saturated rings. The van der Waals surface area contributed by atoms with Crippen LogP contribution in [0, 0.1) is 0 Å². The Morgan fingerprint density at radius 3 is 2.36 bits per heavy atom. The van der Waals surface area contributed by atoms with Crippen LogP contribution in [0.4, 0.5) is 0 Å². The summed E-state index contributed by atoms with van der Waals surface area (Å²) in [5.74, 6) is 3.48. The predicted octanol–water partition coefficient (Wildman–Crippen LogP) is 2.66. The molecule has 8 nitrogen and oxygen atoms in total. The number of nitrogens with one attached hydrogen (secondary N) is 1. The predicted molar refractivity (Wildman–Crippen MR) is 129 cm³/mol. The van der Waals surface area contributed by atoms with Crippen molar-refractivity contribution in [1.29, 1.82) is 0 Å². The van der Waals surface area contributed by atoms with E-state index in [0.717, 1.165) is 24.0 Å². The molecule has 4 N–H and O–H groups in total. The number of amides is 1. The third-order valence-electron chi connectivity index (χ3n) is 5.12. The topological polar surface area (TPSA) is 139 Å². The third kappa shape index (κ3) is 10.8. The van der Waals surface area contributed by atoms with Gasteiger partial charge in [-0.05, 0) is 42.4 Å². The minimum Gasteiger partial charge on any atom is -0.481 e. The molecule has 0 aliphatic rings. The number of aryl methyl sites for hydroxylation is 1. The van der Waals surface area contributed by atoms with Gasteiger partial charge in [-0.15, -0.1) is 0 Å². The van der Waals surface area contributed by atoms with E-state index in [9.17, 15) is 18.0 Å². The maximum atomic E-state index is 12.4. The summed E-state index contributed by atoms with van der Waals surface area (Å²) in [5.41, 5.74) is 2.73. The lowest BCUT2D eigenvalue weighted by atomic mass is 10.0. The van der Waals surface area contributed by atoms with Crippen LogP contribution in [0.3, 0.4) is 0 Å². The maximum Gasteiger partial charge on any atom is 0.305 e. The number of carboxylic acids is 1. The van der Waals surface area contributed by atoms with Gasteiger partial charge in [-0.2, -0.15) is 5.10 Å². The van der Waals surface area contributed by atoms with Gasteiger partial charge in [0.05, 0.1) is 24.1 Å². The number of unbranched alkanes of at least 4 members (excludes halogenated alkanes) is 1. The molecule has 178 valence electrons. The van der Waals surface area contributed by atoms with Crippen LogP contribution in [0.2, 0.25) is 0 Å². The van der Waals surface area contributed by atoms with Crippen LogP contribution in [0.15, 0.2) is 59.7 Å². The van der Waals surface area contributed by atoms with Crippen molar-refractivity contribution in [1.82, 2.24) is 5.32 Å². The number of hydrogen-bond donors (Lipinski definition) is 3. The Bertz CT molecular complexity index is 1020. The zero-order valence-electron chi connectivity index (χ0n) is 18.5. The van der Waals surface area contributed by atoms with Crippen molar-refractivity contribution in [3.05, 3.63) is 71.3 Å². The number of nitrogens with two attached hydrogens (primary N) is 1. The Kier molecular flexibility index (Phi) is 10.6. The van der Waals surface area contributed by atoms with Crippen LogP contribution < -0.4 is 11.2 Å². The van der Waals surface area contributed by atoms with E-state index in [2.05, 4.69) is 10.4 Å². The quantitative estimate of drug-likeness (QED) is 0.167. The molecule has 2 rings (SSSR count). The zero-order chi connectivity index (χ0) is 24.1. The lowest BCUT2D eigenvalue weighted by Gasteiger charge is -2.17. The Morgan fingerprint density at radius 1 is 1.03 bits per heavy atom. The van der Waals surface area contributed by atoms with Crippen molar-refractivity contribution in [2.45, 2.75) is 50.3 Å². The molecule has 0 spiro atoms. The van der Waals surface area contributed by atoms with Gasteiger partial charge in [0.15, 0.2) is 9.84 Å². The second-order valence-corrected chi connectivity index (χ2v) is 10.1. The van der Waals surface area contributed by atoms with Crippen LogP contribution in [-0.2, 0) is 31.6 Å². The number of carboxylic acid groups (broad SMARTS) is 1. The number of carbonyl (C=O) groups excluding carboxylic acids is 1. The molecule has 0 aromatic heterocycles. The summed E-state index contributed by atoms with van der Waals surface area (Å²) < 4.78 is 24.8. The maximum absolute atomic E-state index is 12.4. The highest BCUT2D eigenvalue weighted by Gasteiger charge is 2.20. The smallest absolute Gasteiger partial charge is 0.305 e. The largest absolute Gasteiger partial charge is 0.481 e. The number of nitrogens with zero attached hydrogens (tertiary/aromatic N) is 1. The Hall–Kier alpha value is -3.20. The highest BCUT2D eigenvalue weighted by atomic mass is 32.2. The Morgan fingerprint density at radius 2 is 1.73 bits per heavy atom. The van der Waals surface area contributed by atoms with Gasteiger partial charge < -0.3 is 16.3 Å². The van der Waals surface area contributed by atoms with Crippen LogP contribution in [0.5, 0.6) is 0 Å². The minimum atomic E-state index is -3.42. The van der Waals surface area contributed by atoms with Crippen LogP contribution in [0.25, 0.3) is 0 Å². The highest BCUT2D eigenvalue weighted by molar-refractivity contribution is 7.90. The third-order valence-corrected chi connectivity index (χ3v) is 6.75. The van der Waals surface area contributed by atoms with Crippen molar-refractivity contribution in [2.24, 2.45) is 10.9 Å². The molecule has 0 saturated heterocycles. The van der Waals surface area contributed by atoms with Crippen molar-refractivity contribution >= 4 is 27.9 Å². The summed E-state index contributed by atoms with van der Waals surface area (Å²) in [6.07, 6.45) is 3.82. The second kappa shape index (κ2) is 13.4. The average molecular weight is 474 g/mol. The van der Waals surface area contributed by atoms with Gasteiger partial charge in [0.1, 0.15) is 0 Å². The molecule has 0 saturated carbocycles. The summed E-state index contributed by atoms with van der Waals surface area (Å²) in [6.45, 7) is 0. The number of hydrogen-bond acceptors (Lipinski definition) is 6.